The maximum atomic E-state index is 12.7. The van der Waals surface area contributed by atoms with E-state index in [1.165, 1.54) is 0 Å². The molecular weight excluding hydrogens is 402 g/mol. The van der Waals surface area contributed by atoms with E-state index < -0.39 is 0 Å². The van der Waals surface area contributed by atoms with E-state index in [1.54, 1.807) is 4.90 Å². The molecule has 7 heteroatoms. The minimum Gasteiger partial charge on any atom is -0.352 e. The number of anilines is 1. The molecule has 1 heterocycles. The van der Waals surface area contributed by atoms with Crippen molar-refractivity contribution in [3.63, 3.8) is 0 Å². The van der Waals surface area contributed by atoms with Crippen LogP contribution < -0.4 is 10.2 Å². The first-order chi connectivity index (χ1) is 15.5. The highest BCUT2D eigenvalue weighted by molar-refractivity contribution is 5.95. The van der Waals surface area contributed by atoms with Gasteiger partial charge in [-0.25, -0.2) is 4.68 Å². The zero-order chi connectivity index (χ0) is 22.9. The van der Waals surface area contributed by atoms with Crippen molar-refractivity contribution in [2.75, 3.05) is 11.4 Å². The normalized spacial score (nSPS) is 10.4. The summed E-state index contributed by atoms with van der Waals surface area (Å²) in [6.07, 6.45) is 0.393. The SMILES string of the molecule is Cc1nn(-c2ccccc2)c(C)c1CNC(=O)CCC(=O)N(CCC#N)c1ccccc1. The quantitative estimate of drug-likeness (QED) is 0.560. The van der Waals surface area contributed by atoms with Gasteiger partial charge < -0.3 is 10.2 Å². The van der Waals surface area contributed by atoms with Crippen LogP contribution in [-0.2, 0) is 16.1 Å². The first kappa shape index (κ1) is 22.8. The van der Waals surface area contributed by atoms with Crippen LogP contribution in [0.15, 0.2) is 60.7 Å². The topological polar surface area (TPSA) is 91.0 Å². The lowest BCUT2D eigenvalue weighted by atomic mass is 10.2. The van der Waals surface area contributed by atoms with Gasteiger partial charge in [0.25, 0.3) is 0 Å². The highest BCUT2D eigenvalue weighted by Crippen LogP contribution is 2.18. The molecule has 0 aliphatic carbocycles. The maximum absolute atomic E-state index is 12.7. The molecule has 7 nitrogen and oxygen atoms in total. The van der Waals surface area contributed by atoms with Crippen LogP contribution in [-0.4, -0.2) is 28.1 Å². The number of hydrogen-bond acceptors (Lipinski definition) is 4. The summed E-state index contributed by atoms with van der Waals surface area (Å²) in [5, 5.41) is 16.4. The molecule has 3 aromatic rings. The molecule has 3 rings (SSSR count). The van der Waals surface area contributed by atoms with Gasteiger partial charge in [-0.05, 0) is 38.1 Å². The van der Waals surface area contributed by atoms with Crippen molar-refractivity contribution in [3.8, 4) is 11.8 Å². The van der Waals surface area contributed by atoms with E-state index in [1.807, 2.05) is 79.2 Å². The predicted octanol–water partition coefficient (Wildman–Crippen LogP) is 3.83. The number of benzene rings is 2. The lowest BCUT2D eigenvalue weighted by Gasteiger charge is -2.21. The number of carbonyl (C=O) groups is 2. The van der Waals surface area contributed by atoms with Gasteiger partial charge in [0.05, 0.1) is 23.9 Å². The number of para-hydroxylation sites is 2. The largest absolute Gasteiger partial charge is 0.352 e. The number of hydrogen-bond donors (Lipinski definition) is 1. The number of aromatic nitrogens is 2. The number of nitrogens with zero attached hydrogens (tertiary/aromatic N) is 4. The fraction of sp³-hybridized carbons (Fsp3) is 0.280. The Hall–Kier alpha value is -3.92. The van der Waals surface area contributed by atoms with E-state index in [4.69, 9.17) is 5.26 Å². The van der Waals surface area contributed by atoms with Crippen LogP contribution in [0.25, 0.3) is 5.69 Å². The highest BCUT2D eigenvalue weighted by Gasteiger charge is 2.18. The zero-order valence-electron chi connectivity index (χ0n) is 18.4. The highest BCUT2D eigenvalue weighted by atomic mass is 16.2. The molecule has 164 valence electrons. The van der Waals surface area contributed by atoms with Crippen molar-refractivity contribution in [2.45, 2.75) is 39.7 Å². The average molecular weight is 430 g/mol. The summed E-state index contributed by atoms with van der Waals surface area (Å²) < 4.78 is 1.87. The Labute approximate surface area is 188 Å². The second-order valence-electron chi connectivity index (χ2n) is 7.46. The summed E-state index contributed by atoms with van der Waals surface area (Å²) in [5.74, 6) is -0.372. The van der Waals surface area contributed by atoms with Crippen molar-refractivity contribution >= 4 is 17.5 Å². The Morgan fingerprint density at radius 3 is 2.34 bits per heavy atom. The molecule has 0 saturated heterocycles. The van der Waals surface area contributed by atoms with Gasteiger partial charge in [-0.1, -0.05) is 36.4 Å². The van der Waals surface area contributed by atoms with E-state index >= 15 is 0 Å². The first-order valence-corrected chi connectivity index (χ1v) is 10.6. The molecule has 1 aromatic heterocycles. The number of carbonyl (C=O) groups excluding carboxylic acids is 2. The zero-order valence-corrected chi connectivity index (χ0v) is 18.4. The smallest absolute Gasteiger partial charge is 0.227 e. The van der Waals surface area contributed by atoms with Gasteiger partial charge in [-0.3, -0.25) is 9.59 Å². The Bertz CT molecular complexity index is 1100. The Morgan fingerprint density at radius 1 is 1.03 bits per heavy atom. The monoisotopic (exact) mass is 429 g/mol. The Kier molecular flexibility index (Phi) is 7.76. The van der Waals surface area contributed by atoms with Crippen LogP contribution in [0.5, 0.6) is 0 Å². The Balaban J connectivity index is 1.58. The lowest BCUT2D eigenvalue weighted by Crippen LogP contribution is -2.33. The Morgan fingerprint density at radius 2 is 1.69 bits per heavy atom. The van der Waals surface area contributed by atoms with Crippen molar-refractivity contribution in [1.82, 2.24) is 15.1 Å². The summed E-state index contributed by atoms with van der Waals surface area (Å²) in [7, 11) is 0. The van der Waals surface area contributed by atoms with Crippen LogP contribution in [0.4, 0.5) is 5.69 Å². The van der Waals surface area contributed by atoms with Crippen molar-refractivity contribution < 1.29 is 9.59 Å². The number of rotatable bonds is 9. The molecule has 2 amide bonds. The molecule has 0 bridgehead atoms. The minimum absolute atomic E-state index is 0.0768. The van der Waals surface area contributed by atoms with E-state index in [0.717, 1.165) is 28.3 Å². The summed E-state index contributed by atoms with van der Waals surface area (Å²) in [6, 6.07) is 21.1. The fourth-order valence-electron chi connectivity index (χ4n) is 3.55. The molecule has 0 unspecified atom stereocenters. The second kappa shape index (κ2) is 10.9. The molecular formula is C25H27N5O2. The molecule has 0 fully saturated rings. The molecule has 32 heavy (non-hydrogen) atoms. The fourth-order valence-corrected chi connectivity index (χ4v) is 3.55. The molecule has 2 aromatic carbocycles. The van der Waals surface area contributed by atoms with Gasteiger partial charge in [0.1, 0.15) is 0 Å². The van der Waals surface area contributed by atoms with Gasteiger partial charge >= 0.3 is 0 Å². The predicted molar refractivity (Wildman–Crippen MR) is 123 cm³/mol. The summed E-state index contributed by atoms with van der Waals surface area (Å²) >= 11 is 0. The second-order valence-corrected chi connectivity index (χ2v) is 7.46. The van der Waals surface area contributed by atoms with E-state index in [2.05, 4.69) is 16.5 Å². The lowest BCUT2D eigenvalue weighted by molar-refractivity contribution is -0.125. The number of aryl methyl sites for hydroxylation is 1. The van der Waals surface area contributed by atoms with Crippen molar-refractivity contribution in [1.29, 1.82) is 5.26 Å². The van der Waals surface area contributed by atoms with Gasteiger partial charge in [0, 0.05) is 42.9 Å². The molecule has 0 aliphatic rings. The van der Waals surface area contributed by atoms with Crippen LogP contribution in [0.1, 0.15) is 36.2 Å². The van der Waals surface area contributed by atoms with Gasteiger partial charge in [0.15, 0.2) is 0 Å². The third kappa shape index (κ3) is 5.61. The molecule has 0 spiro atoms. The number of nitriles is 1. The minimum atomic E-state index is -0.196. The molecule has 0 saturated carbocycles. The van der Waals surface area contributed by atoms with Gasteiger partial charge in [0.2, 0.25) is 11.8 Å². The van der Waals surface area contributed by atoms with E-state index in [-0.39, 0.29) is 31.1 Å². The maximum Gasteiger partial charge on any atom is 0.227 e. The summed E-state index contributed by atoms with van der Waals surface area (Å²) in [5.41, 5.74) is 4.49. The van der Waals surface area contributed by atoms with E-state index in [0.29, 0.717) is 13.1 Å². The molecule has 1 N–H and O–H groups in total. The standard InChI is InChI=1S/C25H27N5O2/c1-19-23(20(2)30(28-19)22-12-7-4-8-13-22)18-27-24(31)14-15-25(32)29(17-9-16-26)21-10-5-3-6-11-21/h3-8,10-13H,9,14-15,17-18H2,1-2H3,(H,27,31). The van der Waals surface area contributed by atoms with Gasteiger partial charge in [-0.2, -0.15) is 10.4 Å². The van der Waals surface area contributed by atoms with Gasteiger partial charge in [-0.15, -0.1) is 0 Å². The molecule has 0 atom stereocenters. The molecule has 0 radical (unpaired) electrons. The van der Waals surface area contributed by atoms with Crippen molar-refractivity contribution in [3.05, 3.63) is 77.6 Å². The summed E-state index contributed by atoms with van der Waals surface area (Å²) in [4.78, 5) is 26.7. The summed E-state index contributed by atoms with van der Waals surface area (Å²) in [6.45, 7) is 4.56. The number of nitrogens with one attached hydrogen (secondary N) is 1. The van der Waals surface area contributed by atoms with Crippen molar-refractivity contribution in [2.24, 2.45) is 0 Å². The third-order valence-corrected chi connectivity index (χ3v) is 5.29. The first-order valence-electron chi connectivity index (χ1n) is 10.6. The van der Waals surface area contributed by atoms with Crippen LogP contribution in [0, 0.1) is 25.2 Å². The van der Waals surface area contributed by atoms with Crippen LogP contribution in [0.3, 0.4) is 0 Å². The number of amides is 2. The van der Waals surface area contributed by atoms with Crippen LogP contribution in [0.2, 0.25) is 0 Å². The average Bonchev–Trinajstić information content (AvgIpc) is 3.11. The third-order valence-electron chi connectivity index (χ3n) is 5.29. The molecule has 0 aliphatic heterocycles. The van der Waals surface area contributed by atoms with E-state index in [9.17, 15) is 9.59 Å². The van der Waals surface area contributed by atoms with Crippen LogP contribution >= 0.6 is 0 Å².